The first kappa shape index (κ1) is 32.0. The normalized spacial score (nSPS) is 20.7. The van der Waals surface area contributed by atoms with Crippen molar-refractivity contribution in [3.05, 3.63) is 53.7 Å². The number of amides is 1. The van der Waals surface area contributed by atoms with Crippen LogP contribution in [0.4, 0.5) is 19.0 Å². The highest BCUT2D eigenvalue weighted by molar-refractivity contribution is 7.98. The zero-order chi connectivity index (χ0) is 31.9. The van der Waals surface area contributed by atoms with Crippen LogP contribution in [-0.2, 0) is 0 Å². The van der Waals surface area contributed by atoms with E-state index in [0.717, 1.165) is 35.6 Å². The summed E-state index contributed by atoms with van der Waals surface area (Å²) < 4.78 is 55.3. The molecule has 1 aliphatic heterocycles. The SMILES string of the molecule is CC[C@H]1CC(C)(C)N(c2nc(-n3ccc(OCC4(C(F)(F)F)CC4)n3)ccc2C(=O)NSc2ccc(OC)cc2C)CC1C. The summed E-state index contributed by atoms with van der Waals surface area (Å²) in [5, 5.41) is 4.36. The fourth-order valence-corrected chi connectivity index (χ4v) is 6.58. The zero-order valence-corrected chi connectivity index (χ0v) is 26.8. The number of aromatic nitrogens is 3. The van der Waals surface area contributed by atoms with Crippen LogP contribution in [0.1, 0.15) is 69.3 Å². The minimum absolute atomic E-state index is 0.0604. The molecule has 2 fully saturated rings. The van der Waals surface area contributed by atoms with Gasteiger partial charge in [0.1, 0.15) is 23.6 Å². The molecule has 2 aliphatic rings. The number of ether oxygens (including phenoxy) is 2. The summed E-state index contributed by atoms with van der Waals surface area (Å²) in [4.78, 5) is 21.7. The second-order valence-corrected chi connectivity index (χ2v) is 13.5. The largest absolute Gasteiger partial charge is 0.497 e. The van der Waals surface area contributed by atoms with Crippen LogP contribution >= 0.6 is 11.9 Å². The number of anilines is 1. The van der Waals surface area contributed by atoms with E-state index in [1.54, 1.807) is 25.4 Å². The molecular formula is C32H40F3N5O3S. The van der Waals surface area contributed by atoms with E-state index in [1.165, 1.54) is 22.7 Å². The molecule has 5 rings (SSSR count). The fourth-order valence-electron chi connectivity index (χ4n) is 5.91. The number of nitrogens with zero attached hydrogens (tertiary/aromatic N) is 4. The highest BCUT2D eigenvalue weighted by atomic mass is 32.2. The quantitative estimate of drug-likeness (QED) is 0.234. The molecule has 8 nitrogen and oxygen atoms in total. The van der Waals surface area contributed by atoms with Gasteiger partial charge in [0.2, 0.25) is 5.88 Å². The Morgan fingerprint density at radius 3 is 2.57 bits per heavy atom. The fraction of sp³-hybridized carbons (Fsp3) is 0.531. The summed E-state index contributed by atoms with van der Waals surface area (Å²) >= 11 is 1.23. The van der Waals surface area contributed by atoms with Crippen LogP contribution in [-0.4, -0.2) is 52.6 Å². The molecule has 1 aliphatic carbocycles. The van der Waals surface area contributed by atoms with Gasteiger partial charge in [-0.15, -0.1) is 5.10 Å². The lowest BCUT2D eigenvalue weighted by atomic mass is 9.75. The molecule has 0 bridgehead atoms. The molecule has 3 aromatic rings. The maximum Gasteiger partial charge on any atom is 0.397 e. The summed E-state index contributed by atoms with van der Waals surface area (Å²) in [6, 6.07) is 10.6. The van der Waals surface area contributed by atoms with Gasteiger partial charge in [-0.1, -0.05) is 20.3 Å². The van der Waals surface area contributed by atoms with Crippen molar-refractivity contribution in [1.82, 2.24) is 19.5 Å². The van der Waals surface area contributed by atoms with E-state index in [2.05, 4.69) is 42.4 Å². The molecule has 44 heavy (non-hydrogen) atoms. The minimum atomic E-state index is -4.30. The first-order valence-corrected chi connectivity index (χ1v) is 15.7. The molecule has 2 aromatic heterocycles. The molecule has 1 saturated heterocycles. The van der Waals surface area contributed by atoms with Crippen LogP contribution in [0.2, 0.25) is 0 Å². The number of nitrogens with one attached hydrogen (secondary N) is 1. The molecule has 1 unspecified atom stereocenters. The van der Waals surface area contributed by atoms with E-state index >= 15 is 0 Å². The number of carbonyl (C=O) groups is 1. The van der Waals surface area contributed by atoms with Crippen LogP contribution in [0.5, 0.6) is 11.6 Å². The molecule has 238 valence electrons. The van der Waals surface area contributed by atoms with Crippen molar-refractivity contribution in [2.75, 3.05) is 25.2 Å². The first-order valence-electron chi connectivity index (χ1n) is 14.9. The second-order valence-electron chi connectivity index (χ2n) is 12.6. The summed E-state index contributed by atoms with van der Waals surface area (Å²) in [7, 11) is 1.61. The van der Waals surface area contributed by atoms with Crippen molar-refractivity contribution < 1.29 is 27.4 Å². The molecule has 12 heteroatoms. The Labute approximate surface area is 260 Å². The lowest BCUT2D eigenvalue weighted by Crippen LogP contribution is -2.54. The topological polar surface area (TPSA) is 81.5 Å². The van der Waals surface area contributed by atoms with Gasteiger partial charge in [0.15, 0.2) is 5.82 Å². The molecule has 0 spiro atoms. The van der Waals surface area contributed by atoms with Crippen LogP contribution in [0.25, 0.3) is 5.82 Å². The van der Waals surface area contributed by atoms with E-state index < -0.39 is 18.2 Å². The highest BCUT2D eigenvalue weighted by Gasteiger charge is 2.64. The molecule has 0 radical (unpaired) electrons. The molecule has 1 aromatic carbocycles. The minimum Gasteiger partial charge on any atom is -0.497 e. The number of pyridine rings is 1. The van der Waals surface area contributed by atoms with Gasteiger partial charge in [-0.2, -0.15) is 13.2 Å². The van der Waals surface area contributed by atoms with E-state index in [1.807, 2.05) is 25.1 Å². The molecule has 1 N–H and O–H groups in total. The third-order valence-corrected chi connectivity index (χ3v) is 10.0. The van der Waals surface area contributed by atoms with Crippen LogP contribution in [0, 0.1) is 24.2 Å². The van der Waals surface area contributed by atoms with E-state index in [-0.39, 0.29) is 30.2 Å². The van der Waals surface area contributed by atoms with Crippen LogP contribution in [0.3, 0.4) is 0 Å². The summed E-state index contributed by atoms with van der Waals surface area (Å²) in [6.45, 7) is 11.0. The standard InChI is InChI=1S/C32H40F3N5O3S/c1-7-22-17-30(4,5)39(18-21(22)3)28-24(29(41)38-44-25-10-8-23(42-6)16-20(25)2)9-11-26(36-28)40-15-12-27(37-40)43-19-31(13-14-31)32(33,34)35/h8-12,15-16,21-22H,7,13-14,17-19H2,1-6H3,(H,38,41)/t21?,22-/m0/s1. The van der Waals surface area contributed by atoms with Gasteiger partial charge in [-0.3, -0.25) is 9.52 Å². The van der Waals surface area contributed by atoms with Gasteiger partial charge in [-0.05, 0) is 99.7 Å². The number of aryl methyl sites for hydroxylation is 1. The number of hydrogen-bond donors (Lipinski definition) is 1. The Morgan fingerprint density at radius 2 is 1.93 bits per heavy atom. The maximum absolute atomic E-state index is 13.7. The van der Waals surface area contributed by atoms with Gasteiger partial charge in [0.05, 0.1) is 12.7 Å². The third-order valence-electron chi connectivity index (χ3n) is 9.04. The molecule has 3 heterocycles. The van der Waals surface area contributed by atoms with Crippen molar-refractivity contribution >= 4 is 23.7 Å². The number of benzene rings is 1. The van der Waals surface area contributed by atoms with Crippen molar-refractivity contribution in [3.8, 4) is 17.4 Å². The predicted molar refractivity (Wildman–Crippen MR) is 165 cm³/mol. The Balaban J connectivity index is 1.43. The van der Waals surface area contributed by atoms with Gasteiger partial charge in [-0.25, -0.2) is 9.67 Å². The van der Waals surface area contributed by atoms with Gasteiger partial charge >= 0.3 is 6.18 Å². The number of piperidine rings is 1. The van der Waals surface area contributed by atoms with Crippen molar-refractivity contribution in [2.45, 2.75) is 76.9 Å². The lowest BCUT2D eigenvalue weighted by molar-refractivity contribution is -0.194. The maximum atomic E-state index is 13.7. The van der Waals surface area contributed by atoms with E-state index in [9.17, 15) is 18.0 Å². The summed E-state index contributed by atoms with van der Waals surface area (Å²) in [6.07, 6.45) is -0.563. The van der Waals surface area contributed by atoms with Gasteiger partial charge < -0.3 is 14.4 Å². The molecule has 2 atom stereocenters. The van der Waals surface area contributed by atoms with Gasteiger partial charge in [0.25, 0.3) is 5.91 Å². The Bertz CT molecular complexity index is 1500. The lowest BCUT2D eigenvalue weighted by Gasteiger charge is -2.49. The Kier molecular flexibility index (Phi) is 8.85. The third kappa shape index (κ3) is 6.50. The van der Waals surface area contributed by atoms with Gasteiger partial charge in [0, 0.05) is 29.2 Å². The van der Waals surface area contributed by atoms with Crippen molar-refractivity contribution in [1.29, 1.82) is 0 Å². The van der Waals surface area contributed by atoms with E-state index in [0.29, 0.717) is 29.0 Å². The Morgan fingerprint density at radius 1 is 1.18 bits per heavy atom. The number of rotatable bonds is 10. The number of halogens is 3. The highest BCUT2D eigenvalue weighted by Crippen LogP contribution is 2.57. The number of alkyl halides is 3. The summed E-state index contributed by atoms with van der Waals surface area (Å²) in [5.41, 5.74) is -0.666. The van der Waals surface area contributed by atoms with Crippen molar-refractivity contribution in [2.24, 2.45) is 17.3 Å². The van der Waals surface area contributed by atoms with Crippen LogP contribution in [0.15, 0.2) is 47.5 Å². The first-order chi connectivity index (χ1) is 20.8. The van der Waals surface area contributed by atoms with Crippen LogP contribution < -0.4 is 19.1 Å². The second kappa shape index (κ2) is 12.2. The average Bonchev–Trinajstić information content (AvgIpc) is 3.65. The molecular weight excluding hydrogens is 591 g/mol. The monoisotopic (exact) mass is 631 g/mol. The molecule has 1 saturated carbocycles. The number of carbonyl (C=O) groups excluding carboxylic acids is 1. The predicted octanol–water partition coefficient (Wildman–Crippen LogP) is 7.39. The average molecular weight is 632 g/mol. The zero-order valence-electron chi connectivity index (χ0n) is 26.0. The smallest absolute Gasteiger partial charge is 0.397 e. The number of hydrogen-bond acceptors (Lipinski definition) is 7. The van der Waals surface area contributed by atoms with E-state index in [4.69, 9.17) is 14.5 Å². The molecule has 1 amide bonds. The summed E-state index contributed by atoms with van der Waals surface area (Å²) in [5.74, 6) is 2.45. The van der Waals surface area contributed by atoms with Crippen molar-refractivity contribution in [3.63, 3.8) is 0 Å². The Hall–Kier alpha value is -3.41. The number of methoxy groups -OCH3 is 1.